The number of pyridine rings is 1. The summed E-state index contributed by atoms with van der Waals surface area (Å²) in [5, 5.41) is 19.8. The van der Waals surface area contributed by atoms with Crippen molar-refractivity contribution in [3.8, 4) is 0 Å². The highest BCUT2D eigenvalue weighted by Gasteiger charge is 2.43. The van der Waals surface area contributed by atoms with Gasteiger partial charge in [-0.1, -0.05) is 24.6 Å². The van der Waals surface area contributed by atoms with Crippen molar-refractivity contribution in [1.82, 2.24) is 20.1 Å². The molecule has 0 saturated carbocycles. The summed E-state index contributed by atoms with van der Waals surface area (Å²) >= 11 is 5.92. The summed E-state index contributed by atoms with van der Waals surface area (Å²) in [5.41, 5.74) is -1.03. The van der Waals surface area contributed by atoms with Gasteiger partial charge >= 0.3 is 5.97 Å². The Morgan fingerprint density at radius 3 is 2.53 bits per heavy atom. The fraction of sp³-hybridized carbons (Fsp3) is 0.462. The van der Waals surface area contributed by atoms with Crippen molar-refractivity contribution in [2.24, 2.45) is 11.3 Å². The number of aromatic nitrogens is 3. The number of carbonyl (C=O) groups excluding carboxylic acids is 1. The van der Waals surface area contributed by atoms with Gasteiger partial charge in [0.25, 0.3) is 0 Å². The molecule has 12 heteroatoms. The quantitative estimate of drug-likeness (QED) is 0.385. The van der Waals surface area contributed by atoms with Gasteiger partial charge in [-0.2, -0.15) is 5.10 Å². The van der Waals surface area contributed by atoms with Crippen LogP contribution in [-0.4, -0.2) is 62.7 Å². The van der Waals surface area contributed by atoms with Crippen molar-refractivity contribution in [2.45, 2.75) is 46.2 Å². The first-order valence-corrected chi connectivity index (χ1v) is 12.6. The fourth-order valence-electron chi connectivity index (χ4n) is 4.94. The molecule has 204 valence electrons. The SMILES string of the molecule is CC(=O)c1cc(Nc2cc(C)[nH]n2)nc(CC2(C(=O)O)CCN(CC3=C(F)C(Cl)=CC(C)C3F)CC2)c1F. The Hall–Kier alpha value is -3.18. The number of hydrogen-bond donors (Lipinski definition) is 3. The van der Waals surface area contributed by atoms with Gasteiger partial charge in [-0.15, -0.1) is 0 Å². The minimum Gasteiger partial charge on any atom is -0.481 e. The van der Waals surface area contributed by atoms with E-state index in [2.05, 4.69) is 20.5 Å². The zero-order chi connectivity index (χ0) is 27.8. The highest BCUT2D eigenvalue weighted by molar-refractivity contribution is 6.31. The summed E-state index contributed by atoms with van der Waals surface area (Å²) in [6.45, 7) is 5.04. The average molecular weight is 552 g/mol. The molecule has 4 rings (SSSR count). The molecule has 1 saturated heterocycles. The second-order valence-electron chi connectivity index (χ2n) is 10.1. The monoisotopic (exact) mass is 551 g/mol. The molecule has 2 atom stereocenters. The summed E-state index contributed by atoms with van der Waals surface area (Å²) < 4.78 is 44.6. The molecule has 2 aromatic heterocycles. The predicted octanol–water partition coefficient (Wildman–Crippen LogP) is 5.24. The van der Waals surface area contributed by atoms with Gasteiger partial charge in [0.2, 0.25) is 0 Å². The van der Waals surface area contributed by atoms with Crippen LogP contribution in [-0.2, 0) is 11.2 Å². The van der Waals surface area contributed by atoms with Crippen molar-refractivity contribution in [3.63, 3.8) is 0 Å². The Morgan fingerprint density at radius 1 is 1.26 bits per heavy atom. The Bertz CT molecular complexity index is 1320. The second-order valence-corrected chi connectivity index (χ2v) is 10.5. The summed E-state index contributed by atoms with van der Waals surface area (Å²) in [5.74, 6) is -3.32. The number of aliphatic carboxylic acids is 1. The Balaban J connectivity index is 1.56. The number of aromatic amines is 1. The van der Waals surface area contributed by atoms with E-state index in [4.69, 9.17) is 11.6 Å². The zero-order valence-electron chi connectivity index (χ0n) is 21.2. The zero-order valence-corrected chi connectivity index (χ0v) is 22.0. The van der Waals surface area contributed by atoms with E-state index in [1.807, 2.05) is 0 Å². The molecule has 8 nitrogen and oxygen atoms in total. The van der Waals surface area contributed by atoms with Gasteiger partial charge in [-0.3, -0.25) is 19.6 Å². The van der Waals surface area contributed by atoms with E-state index in [1.165, 1.54) is 19.1 Å². The standard InChI is InChI=1S/C26H29ClF3N5O3/c1-13-8-18(27)23(29)17(22(13)28)12-35-6-4-26(5-7-35,25(37)38)11-19-24(30)16(15(3)36)10-20(31-19)32-21-9-14(2)33-34-21/h8-10,13,22H,4-7,11-12H2,1-3H3,(H,37,38)(H2,31,32,33,34). The third-order valence-electron chi connectivity index (χ3n) is 7.23. The third-order valence-corrected chi connectivity index (χ3v) is 7.52. The van der Waals surface area contributed by atoms with Crippen LogP contribution in [0.25, 0.3) is 0 Å². The molecule has 1 fully saturated rings. The summed E-state index contributed by atoms with van der Waals surface area (Å²) in [7, 11) is 0. The predicted molar refractivity (Wildman–Crippen MR) is 136 cm³/mol. The van der Waals surface area contributed by atoms with Crippen molar-refractivity contribution in [3.05, 3.63) is 57.4 Å². The van der Waals surface area contributed by atoms with Gasteiger partial charge in [-0.05, 0) is 45.8 Å². The molecule has 38 heavy (non-hydrogen) atoms. The minimum absolute atomic E-state index is 0.0271. The largest absolute Gasteiger partial charge is 0.481 e. The van der Waals surface area contributed by atoms with Crippen LogP contribution in [0, 0.1) is 24.1 Å². The van der Waals surface area contributed by atoms with Crippen LogP contribution in [0.2, 0.25) is 0 Å². The van der Waals surface area contributed by atoms with Crippen molar-refractivity contribution < 1.29 is 27.9 Å². The molecule has 2 unspecified atom stereocenters. The number of ketones is 1. The summed E-state index contributed by atoms with van der Waals surface area (Å²) in [6.07, 6.45) is -0.254. The number of anilines is 2. The normalized spacial score (nSPS) is 21.8. The topological polar surface area (TPSA) is 111 Å². The number of carbonyl (C=O) groups is 2. The van der Waals surface area contributed by atoms with Crippen LogP contribution < -0.4 is 5.32 Å². The Morgan fingerprint density at radius 2 is 1.95 bits per heavy atom. The van der Waals surface area contributed by atoms with E-state index >= 15 is 4.39 Å². The number of nitrogens with zero attached hydrogens (tertiary/aromatic N) is 3. The number of rotatable bonds is 8. The van der Waals surface area contributed by atoms with Crippen molar-refractivity contribution in [2.75, 3.05) is 25.0 Å². The summed E-state index contributed by atoms with van der Waals surface area (Å²) in [4.78, 5) is 30.7. The van der Waals surface area contributed by atoms with Gasteiger partial charge in [-0.25, -0.2) is 18.2 Å². The molecule has 0 amide bonds. The molecular weight excluding hydrogens is 523 g/mol. The molecule has 3 N–H and O–H groups in total. The lowest BCUT2D eigenvalue weighted by molar-refractivity contribution is -0.152. The molecule has 1 aliphatic heterocycles. The number of aryl methyl sites for hydroxylation is 1. The van der Waals surface area contributed by atoms with E-state index in [0.717, 1.165) is 5.69 Å². The number of allylic oxidation sites excluding steroid dienone is 3. The highest BCUT2D eigenvalue weighted by Crippen LogP contribution is 2.39. The molecule has 2 aromatic rings. The van der Waals surface area contributed by atoms with Crippen LogP contribution in [0.1, 0.15) is 48.4 Å². The summed E-state index contributed by atoms with van der Waals surface area (Å²) in [6, 6.07) is 2.96. The Kier molecular flexibility index (Phi) is 7.98. The van der Waals surface area contributed by atoms with Gasteiger partial charge in [0.15, 0.2) is 17.4 Å². The number of hydrogen-bond acceptors (Lipinski definition) is 6. The number of Topliss-reactive ketones (excluding diaryl/α,β-unsaturated/α-hetero) is 1. The molecule has 0 radical (unpaired) electrons. The molecular formula is C26H29ClF3N5O3. The molecule has 1 aliphatic carbocycles. The highest BCUT2D eigenvalue weighted by atomic mass is 35.5. The van der Waals surface area contributed by atoms with Gasteiger partial charge < -0.3 is 10.4 Å². The number of halogens is 4. The maximum atomic E-state index is 15.3. The number of carboxylic acids is 1. The van der Waals surface area contributed by atoms with E-state index in [1.54, 1.807) is 24.8 Å². The van der Waals surface area contributed by atoms with Crippen molar-refractivity contribution in [1.29, 1.82) is 0 Å². The van der Waals surface area contributed by atoms with Gasteiger partial charge in [0.05, 0.1) is 21.7 Å². The van der Waals surface area contributed by atoms with E-state index in [9.17, 15) is 23.5 Å². The third kappa shape index (κ3) is 5.63. The minimum atomic E-state index is -1.53. The van der Waals surface area contributed by atoms with Gasteiger partial charge in [0, 0.05) is 36.2 Å². The second kappa shape index (κ2) is 10.9. The lowest BCUT2D eigenvalue weighted by atomic mass is 9.74. The number of carboxylic acid groups (broad SMARTS) is 1. The number of H-pyrrole nitrogens is 1. The Labute approximate surface area is 223 Å². The van der Waals surface area contributed by atoms with Crippen LogP contribution in [0.4, 0.5) is 24.8 Å². The lowest BCUT2D eigenvalue weighted by Gasteiger charge is -2.40. The van der Waals surface area contributed by atoms with E-state index in [0.29, 0.717) is 5.82 Å². The molecule has 0 spiro atoms. The van der Waals surface area contributed by atoms with Crippen LogP contribution in [0.15, 0.2) is 34.6 Å². The fourth-order valence-corrected chi connectivity index (χ4v) is 5.26. The smallest absolute Gasteiger partial charge is 0.310 e. The van der Waals surface area contributed by atoms with Gasteiger partial charge in [0.1, 0.15) is 17.8 Å². The molecule has 0 aromatic carbocycles. The average Bonchev–Trinajstić information content (AvgIpc) is 3.27. The first-order chi connectivity index (χ1) is 17.9. The number of likely N-dealkylation sites (tertiary alicyclic amines) is 1. The van der Waals surface area contributed by atoms with E-state index in [-0.39, 0.29) is 66.6 Å². The first-order valence-electron chi connectivity index (χ1n) is 12.3. The van der Waals surface area contributed by atoms with E-state index < -0.39 is 40.9 Å². The first kappa shape index (κ1) is 27.8. The number of piperidine rings is 1. The number of alkyl halides is 1. The molecule has 2 aliphatic rings. The van der Waals surface area contributed by atoms with Crippen LogP contribution >= 0.6 is 11.6 Å². The van der Waals surface area contributed by atoms with Crippen LogP contribution in [0.3, 0.4) is 0 Å². The lowest BCUT2D eigenvalue weighted by Crippen LogP contribution is -2.47. The molecule has 0 bridgehead atoms. The van der Waals surface area contributed by atoms with Crippen molar-refractivity contribution >= 4 is 35.0 Å². The number of nitrogens with one attached hydrogen (secondary N) is 2. The molecule has 3 heterocycles. The van der Waals surface area contributed by atoms with Crippen LogP contribution in [0.5, 0.6) is 0 Å². The maximum Gasteiger partial charge on any atom is 0.310 e. The maximum absolute atomic E-state index is 15.3.